The summed E-state index contributed by atoms with van der Waals surface area (Å²) in [7, 11) is 0. The van der Waals surface area contributed by atoms with Gasteiger partial charge in [0, 0.05) is 19.1 Å². The molecule has 0 bridgehead atoms. The van der Waals surface area contributed by atoms with Crippen LogP contribution in [0.25, 0.3) is 0 Å². The maximum atomic E-state index is 13.1. The molecule has 0 spiro atoms. The summed E-state index contributed by atoms with van der Waals surface area (Å²) in [5, 5.41) is 11.7. The Hall–Kier alpha value is -1.46. The minimum absolute atomic E-state index is 0.00152. The summed E-state index contributed by atoms with van der Waals surface area (Å²) in [5.41, 5.74) is 0.957. The van der Waals surface area contributed by atoms with Crippen LogP contribution in [0.15, 0.2) is 24.3 Å². The second-order valence-electron chi connectivity index (χ2n) is 4.98. The van der Waals surface area contributed by atoms with Crippen molar-refractivity contribution in [3.05, 3.63) is 35.6 Å². The van der Waals surface area contributed by atoms with Crippen LogP contribution in [0.1, 0.15) is 18.4 Å². The van der Waals surface area contributed by atoms with Gasteiger partial charge in [-0.25, -0.2) is 4.39 Å². The van der Waals surface area contributed by atoms with Gasteiger partial charge in [0.1, 0.15) is 5.82 Å². The Balaban J connectivity index is 1.85. The van der Waals surface area contributed by atoms with Crippen LogP contribution in [-0.2, 0) is 11.3 Å². The lowest BCUT2D eigenvalue weighted by Gasteiger charge is -2.33. The number of piperidine rings is 1. The van der Waals surface area contributed by atoms with E-state index in [0.717, 1.165) is 31.5 Å². The third-order valence-corrected chi connectivity index (χ3v) is 3.34. The number of nitrogens with one attached hydrogen (secondary N) is 1. The summed E-state index contributed by atoms with van der Waals surface area (Å²) >= 11 is 0. The molecule has 19 heavy (non-hydrogen) atoms. The molecule has 0 radical (unpaired) electrons. The Morgan fingerprint density at radius 3 is 3.11 bits per heavy atom. The molecule has 1 saturated heterocycles. The standard InChI is InChI=1S/C14H19FN2O2/c15-12-4-1-3-11(7-12)9-17-6-2-5-13(10-17)16-8-14(18)19/h1,3-4,7,13,16H,2,5-6,8-10H2,(H,18,19). The Morgan fingerprint density at radius 2 is 2.37 bits per heavy atom. The van der Waals surface area contributed by atoms with E-state index in [1.165, 1.54) is 6.07 Å². The van der Waals surface area contributed by atoms with Gasteiger partial charge in [-0.05, 0) is 37.1 Å². The summed E-state index contributed by atoms with van der Waals surface area (Å²) in [5.74, 6) is -1.04. The van der Waals surface area contributed by atoms with Gasteiger partial charge >= 0.3 is 5.97 Å². The number of aliphatic carboxylic acids is 1. The summed E-state index contributed by atoms with van der Waals surface area (Å²) in [4.78, 5) is 12.8. The highest BCUT2D eigenvalue weighted by molar-refractivity contribution is 5.69. The number of rotatable bonds is 5. The lowest BCUT2D eigenvalue weighted by molar-refractivity contribution is -0.136. The predicted molar refractivity (Wildman–Crippen MR) is 70.3 cm³/mol. The first-order chi connectivity index (χ1) is 9.13. The summed E-state index contributed by atoms with van der Waals surface area (Å²) in [6, 6.07) is 6.83. The minimum atomic E-state index is -0.831. The van der Waals surface area contributed by atoms with Crippen LogP contribution < -0.4 is 5.32 Å². The van der Waals surface area contributed by atoms with Crippen molar-refractivity contribution in [3.63, 3.8) is 0 Å². The molecule has 0 saturated carbocycles. The molecule has 1 aromatic carbocycles. The van der Waals surface area contributed by atoms with Crippen molar-refractivity contribution < 1.29 is 14.3 Å². The second-order valence-corrected chi connectivity index (χ2v) is 4.98. The Bertz CT molecular complexity index is 439. The number of carboxylic acid groups (broad SMARTS) is 1. The summed E-state index contributed by atoms with van der Waals surface area (Å²) in [6.07, 6.45) is 2.03. The molecule has 2 N–H and O–H groups in total. The van der Waals surface area contributed by atoms with Crippen LogP contribution in [0.4, 0.5) is 4.39 Å². The zero-order valence-electron chi connectivity index (χ0n) is 10.8. The minimum Gasteiger partial charge on any atom is -0.480 e. The van der Waals surface area contributed by atoms with Gasteiger partial charge in [-0.1, -0.05) is 12.1 Å². The predicted octanol–water partition coefficient (Wildman–Crippen LogP) is 1.46. The van der Waals surface area contributed by atoms with E-state index in [9.17, 15) is 9.18 Å². The fourth-order valence-electron chi connectivity index (χ4n) is 2.49. The Kier molecular flexibility index (Phi) is 4.87. The first-order valence-electron chi connectivity index (χ1n) is 6.55. The highest BCUT2D eigenvalue weighted by Crippen LogP contribution is 2.14. The third kappa shape index (κ3) is 4.61. The highest BCUT2D eigenvalue weighted by Gasteiger charge is 2.20. The summed E-state index contributed by atoms with van der Waals surface area (Å²) in [6.45, 7) is 2.49. The molecular weight excluding hydrogens is 247 g/mol. The monoisotopic (exact) mass is 266 g/mol. The lowest BCUT2D eigenvalue weighted by Crippen LogP contribution is -2.46. The molecule has 1 fully saturated rings. The number of hydrogen-bond acceptors (Lipinski definition) is 3. The average Bonchev–Trinajstić information content (AvgIpc) is 2.37. The van der Waals surface area contributed by atoms with Gasteiger partial charge in [-0.2, -0.15) is 0 Å². The van der Waals surface area contributed by atoms with Crippen LogP contribution in [0.3, 0.4) is 0 Å². The zero-order chi connectivity index (χ0) is 13.7. The first kappa shape index (κ1) is 14.0. The maximum absolute atomic E-state index is 13.1. The molecule has 1 unspecified atom stereocenters. The van der Waals surface area contributed by atoms with Crippen molar-refractivity contribution in [2.75, 3.05) is 19.6 Å². The van der Waals surface area contributed by atoms with E-state index in [2.05, 4.69) is 10.2 Å². The number of nitrogens with zero attached hydrogens (tertiary/aromatic N) is 1. The molecule has 4 nitrogen and oxygen atoms in total. The molecule has 1 atom stereocenters. The molecule has 0 aromatic heterocycles. The van der Waals surface area contributed by atoms with Gasteiger partial charge in [0.2, 0.25) is 0 Å². The van der Waals surface area contributed by atoms with E-state index in [4.69, 9.17) is 5.11 Å². The Labute approximate surface area is 112 Å². The van der Waals surface area contributed by atoms with Crippen molar-refractivity contribution >= 4 is 5.97 Å². The third-order valence-electron chi connectivity index (χ3n) is 3.34. The van der Waals surface area contributed by atoms with Gasteiger partial charge in [0.05, 0.1) is 6.54 Å². The molecular formula is C14H19FN2O2. The fraction of sp³-hybridized carbons (Fsp3) is 0.500. The molecule has 5 heteroatoms. The Morgan fingerprint density at radius 1 is 1.53 bits per heavy atom. The van der Waals surface area contributed by atoms with E-state index < -0.39 is 5.97 Å². The quantitative estimate of drug-likeness (QED) is 0.847. The molecule has 1 aliphatic rings. The van der Waals surface area contributed by atoms with Gasteiger partial charge in [-0.3, -0.25) is 9.69 Å². The van der Waals surface area contributed by atoms with Crippen LogP contribution in [-0.4, -0.2) is 41.7 Å². The van der Waals surface area contributed by atoms with Crippen molar-refractivity contribution in [2.45, 2.75) is 25.4 Å². The lowest BCUT2D eigenvalue weighted by atomic mass is 10.0. The normalized spacial score (nSPS) is 20.4. The van der Waals surface area contributed by atoms with Gasteiger partial charge in [-0.15, -0.1) is 0 Å². The van der Waals surface area contributed by atoms with Gasteiger partial charge in [0.15, 0.2) is 0 Å². The molecule has 0 amide bonds. The summed E-state index contributed by atoms with van der Waals surface area (Å²) < 4.78 is 13.1. The van der Waals surface area contributed by atoms with Crippen LogP contribution >= 0.6 is 0 Å². The number of halogens is 1. The highest BCUT2D eigenvalue weighted by atomic mass is 19.1. The van der Waals surface area contributed by atoms with E-state index in [1.807, 2.05) is 6.07 Å². The smallest absolute Gasteiger partial charge is 0.317 e. The van der Waals surface area contributed by atoms with Crippen molar-refractivity contribution in [3.8, 4) is 0 Å². The second kappa shape index (κ2) is 6.63. The van der Waals surface area contributed by atoms with Gasteiger partial charge in [0.25, 0.3) is 0 Å². The molecule has 1 aromatic rings. The number of hydrogen-bond donors (Lipinski definition) is 2. The average molecular weight is 266 g/mol. The number of carboxylic acids is 1. The van der Waals surface area contributed by atoms with Crippen molar-refractivity contribution in [1.82, 2.24) is 10.2 Å². The fourth-order valence-corrected chi connectivity index (χ4v) is 2.49. The van der Waals surface area contributed by atoms with E-state index in [0.29, 0.717) is 6.54 Å². The van der Waals surface area contributed by atoms with Crippen molar-refractivity contribution in [1.29, 1.82) is 0 Å². The molecule has 104 valence electrons. The van der Waals surface area contributed by atoms with E-state index in [-0.39, 0.29) is 18.4 Å². The first-order valence-corrected chi connectivity index (χ1v) is 6.55. The van der Waals surface area contributed by atoms with Crippen LogP contribution in [0, 0.1) is 5.82 Å². The molecule has 0 aliphatic carbocycles. The molecule has 2 rings (SSSR count). The zero-order valence-corrected chi connectivity index (χ0v) is 10.8. The van der Waals surface area contributed by atoms with E-state index >= 15 is 0 Å². The van der Waals surface area contributed by atoms with Crippen LogP contribution in [0.2, 0.25) is 0 Å². The van der Waals surface area contributed by atoms with Gasteiger partial charge < -0.3 is 10.4 Å². The van der Waals surface area contributed by atoms with Crippen molar-refractivity contribution in [2.24, 2.45) is 0 Å². The van der Waals surface area contributed by atoms with Crippen LogP contribution in [0.5, 0.6) is 0 Å². The van der Waals surface area contributed by atoms with E-state index in [1.54, 1.807) is 12.1 Å². The molecule has 1 aliphatic heterocycles. The topological polar surface area (TPSA) is 52.6 Å². The SMILES string of the molecule is O=C(O)CNC1CCCN(Cc2cccc(F)c2)C1. The number of likely N-dealkylation sites (tertiary alicyclic amines) is 1. The molecule has 1 heterocycles. The maximum Gasteiger partial charge on any atom is 0.317 e. The number of benzene rings is 1. The largest absolute Gasteiger partial charge is 0.480 e. The number of carbonyl (C=O) groups is 1.